The minimum absolute atomic E-state index is 0.0477. The monoisotopic (exact) mass is 412 g/mol. The van der Waals surface area contributed by atoms with Crippen molar-refractivity contribution < 1.29 is 27.4 Å². The fourth-order valence-electron chi connectivity index (χ4n) is 1.70. The standard InChI is InChI=1S/C15H20BrF3N2O3/c1-14(2,3)24-13(22)21-11(15(17,18)19)5-4-8-23-12-9-10(16)6-7-20-12/h6-7,9,11H,4-5,8H2,1-3H3,(H,21,22)/t11-/m0/s1. The number of pyridine rings is 1. The van der Waals surface area contributed by atoms with Crippen LogP contribution in [0, 0.1) is 0 Å². The summed E-state index contributed by atoms with van der Waals surface area (Å²) in [7, 11) is 0. The molecule has 0 aliphatic rings. The molecule has 0 saturated heterocycles. The van der Waals surface area contributed by atoms with Crippen LogP contribution in [0.2, 0.25) is 0 Å². The van der Waals surface area contributed by atoms with Crippen molar-refractivity contribution in [1.29, 1.82) is 0 Å². The van der Waals surface area contributed by atoms with E-state index in [-0.39, 0.29) is 19.4 Å². The molecule has 0 unspecified atom stereocenters. The molecule has 5 nitrogen and oxygen atoms in total. The summed E-state index contributed by atoms with van der Waals surface area (Å²) in [6.45, 7) is 4.78. The first kappa shape index (κ1) is 20.5. The third kappa shape index (κ3) is 8.37. The van der Waals surface area contributed by atoms with Gasteiger partial charge in [-0.2, -0.15) is 13.2 Å². The van der Waals surface area contributed by atoms with E-state index in [1.165, 1.54) is 6.20 Å². The van der Waals surface area contributed by atoms with Crippen molar-refractivity contribution in [3.8, 4) is 5.88 Å². The van der Waals surface area contributed by atoms with Crippen LogP contribution in [0.5, 0.6) is 5.88 Å². The number of carbonyl (C=O) groups is 1. The van der Waals surface area contributed by atoms with E-state index in [4.69, 9.17) is 9.47 Å². The molecule has 1 N–H and O–H groups in total. The Kier molecular flexibility index (Phi) is 7.31. The van der Waals surface area contributed by atoms with Crippen LogP contribution < -0.4 is 10.1 Å². The lowest BCUT2D eigenvalue weighted by Crippen LogP contribution is -2.47. The van der Waals surface area contributed by atoms with Crippen LogP contribution in [-0.2, 0) is 4.74 Å². The molecule has 1 atom stereocenters. The van der Waals surface area contributed by atoms with Gasteiger partial charge in [0.2, 0.25) is 5.88 Å². The van der Waals surface area contributed by atoms with E-state index in [0.717, 1.165) is 4.47 Å². The van der Waals surface area contributed by atoms with Crippen molar-refractivity contribution in [2.45, 2.75) is 51.4 Å². The van der Waals surface area contributed by atoms with Gasteiger partial charge in [-0.15, -0.1) is 0 Å². The molecule has 1 amide bonds. The number of carbonyl (C=O) groups excluding carboxylic acids is 1. The Morgan fingerprint density at radius 1 is 1.38 bits per heavy atom. The Hall–Kier alpha value is -1.51. The average Bonchev–Trinajstić information content (AvgIpc) is 2.39. The molecule has 1 aromatic rings. The summed E-state index contributed by atoms with van der Waals surface area (Å²) in [5, 5.41) is 1.86. The number of alkyl carbamates (subject to hydrolysis) is 1. The number of aromatic nitrogens is 1. The minimum Gasteiger partial charge on any atom is -0.478 e. The van der Waals surface area contributed by atoms with E-state index in [2.05, 4.69) is 20.9 Å². The maximum absolute atomic E-state index is 13.0. The Bertz CT molecular complexity index is 548. The molecule has 0 spiro atoms. The number of nitrogens with zero attached hydrogens (tertiary/aromatic N) is 1. The smallest absolute Gasteiger partial charge is 0.408 e. The largest absolute Gasteiger partial charge is 0.478 e. The maximum atomic E-state index is 13.0. The molecule has 24 heavy (non-hydrogen) atoms. The lowest BCUT2D eigenvalue weighted by molar-refractivity contribution is -0.157. The van der Waals surface area contributed by atoms with Gasteiger partial charge < -0.3 is 14.8 Å². The highest BCUT2D eigenvalue weighted by molar-refractivity contribution is 9.10. The Morgan fingerprint density at radius 2 is 2.04 bits per heavy atom. The summed E-state index contributed by atoms with van der Waals surface area (Å²) < 4.78 is 49.9. The van der Waals surface area contributed by atoms with Gasteiger partial charge >= 0.3 is 12.3 Å². The van der Waals surface area contributed by atoms with Gasteiger partial charge in [-0.25, -0.2) is 9.78 Å². The highest BCUT2D eigenvalue weighted by Crippen LogP contribution is 2.24. The SMILES string of the molecule is CC(C)(C)OC(=O)N[C@@H](CCCOc1cc(Br)ccn1)C(F)(F)F. The average molecular weight is 413 g/mol. The molecule has 0 bridgehead atoms. The molecule has 1 aromatic heterocycles. The van der Waals surface area contributed by atoms with Crippen molar-refractivity contribution in [3.63, 3.8) is 0 Å². The number of ether oxygens (including phenoxy) is 2. The predicted molar refractivity (Wildman–Crippen MR) is 85.9 cm³/mol. The number of hydrogen-bond donors (Lipinski definition) is 1. The van der Waals surface area contributed by atoms with Crippen LogP contribution in [0.15, 0.2) is 22.8 Å². The van der Waals surface area contributed by atoms with Crippen LogP contribution in [0.1, 0.15) is 33.6 Å². The fraction of sp³-hybridized carbons (Fsp3) is 0.600. The summed E-state index contributed by atoms with van der Waals surface area (Å²) in [5.74, 6) is 0.313. The zero-order valence-electron chi connectivity index (χ0n) is 13.6. The molecule has 1 heterocycles. The van der Waals surface area contributed by atoms with E-state index >= 15 is 0 Å². The second kappa shape index (κ2) is 8.55. The summed E-state index contributed by atoms with van der Waals surface area (Å²) in [5.41, 5.74) is -0.865. The summed E-state index contributed by atoms with van der Waals surface area (Å²) in [4.78, 5) is 15.5. The van der Waals surface area contributed by atoms with E-state index in [1.54, 1.807) is 32.9 Å². The van der Waals surface area contributed by atoms with Crippen LogP contribution >= 0.6 is 15.9 Å². The zero-order chi connectivity index (χ0) is 18.4. The molecule has 0 aromatic carbocycles. The summed E-state index contributed by atoms with van der Waals surface area (Å²) in [6, 6.07) is 1.32. The molecule has 0 saturated carbocycles. The molecular formula is C15H20BrF3N2O3. The first-order valence-electron chi connectivity index (χ1n) is 7.28. The van der Waals surface area contributed by atoms with Crippen molar-refractivity contribution in [2.75, 3.05) is 6.61 Å². The highest BCUT2D eigenvalue weighted by atomic mass is 79.9. The zero-order valence-corrected chi connectivity index (χ0v) is 15.2. The van der Waals surface area contributed by atoms with Gasteiger partial charge in [0.25, 0.3) is 0 Å². The van der Waals surface area contributed by atoms with Gasteiger partial charge in [0, 0.05) is 16.7 Å². The van der Waals surface area contributed by atoms with Crippen molar-refractivity contribution >= 4 is 22.0 Å². The van der Waals surface area contributed by atoms with Crippen LogP contribution in [0.25, 0.3) is 0 Å². The third-order valence-corrected chi connectivity index (χ3v) is 3.16. The van der Waals surface area contributed by atoms with Gasteiger partial charge in [0.05, 0.1) is 6.61 Å². The van der Waals surface area contributed by atoms with E-state index < -0.39 is 23.9 Å². The predicted octanol–water partition coefficient (Wildman–Crippen LogP) is 4.46. The fourth-order valence-corrected chi connectivity index (χ4v) is 2.01. The van der Waals surface area contributed by atoms with Gasteiger partial charge in [0.1, 0.15) is 11.6 Å². The van der Waals surface area contributed by atoms with E-state index in [9.17, 15) is 18.0 Å². The number of rotatable bonds is 6. The third-order valence-electron chi connectivity index (χ3n) is 2.67. The second-order valence-electron chi connectivity index (χ2n) is 6.04. The number of hydrogen-bond acceptors (Lipinski definition) is 4. The Balaban J connectivity index is 2.48. The first-order valence-corrected chi connectivity index (χ1v) is 8.07. The maximum Gasteiger partial charge on any atom is 0.408 e. The van der Waals surface area contributed by atoms with E-state index in [1.807, 2.05) is 5.32 Å². The molecule has 0 aliphatic heterocycles. The van der Waals surface area contributed by atoms with Crippen LogP contribution in [0.3, 0.4) is 0 Å². The van der Waals surface area contributed by atoms with Crippen LogP contribution in [-0.4, -0.2) is 35.5 Å². The molecule has 0 aliphatic carbocycles. The Morgan fingerprint density at radius 3 is 2.58 bits per heavy atom. The minimum atomic E-state index is -4.56. The normalized spacial score (nSPS) is 13.3. The van der Waals surface area contributed by atoms with E-state index in [0.29, 0.717) is 5.88 Å². The molecule has 1 rings (SSSR count). The molecule has 0 radical (unpaired) electrons. The van der Waals surface area contributed by atoms with Crippen molar-refractivity contribution in [1.82, 2.24) is 10.3 Å². The lowest BCUT2D eigenvalue weighted by atomic mass is 10.1. The summed E-state index contributed by atoms with van der Waals surface area (Å²) >= 11 is 3.24. The molecule has 0 fully saturated rings. The number of halogens is 4. The highest BCUT2D eigenvalue weighted by Gasteiger charge is 2.41. The second-order valence-corrected chi connectivity index (χ2v) is 6.96. The number of alkyl halides is 3. The van der Waals surface area contributed by atoms with Crippen molar-refractivity contribution in [2.24, 2.45) is 0 Å². The molecule has 9 heteroatoms. The number of nitrogens with one attached hydrogen (secondary N) is 1. The summed E-state index contributed by atoms with van der Waals surface area (Å²) in [6.07, 6.45) is -4.38. The molecular weight excluding hydrogens is 393 g/mol. The quantitative estimate of drug-likeness (QED) is 0.700. The van der Waals surface area contributed by atoms with Crippen LogP contribution in [0.4, 0.5) is 18.0 Å². The molecule has 136 valence electrons. The topological polar surface area (TPSA) is 60.5 Å². The van der Waals surface area contributed by atoms with Gasteiger partial charge in [-0.1, -0.05) is 15.9 Å². The number of amides is 1. The van der Waals surface area contributed by atoms with Gasteiger partial charge in [-0.3, -0.25) is 0 Å². The lowest BCUT2D eigenvalue weighted by Gasteiger charge is -2.25. The van der Waals surface area contributed by atoms with Gasteiger partial charge in [0.15, 0.2) is 0 Å². The first-order chi connectivity index (χ1) is 11.0. The van der Waals surface area contributed by atoms with Crippen molar-refractivity contribution in [3.05, 3.63) is 22.8 Å². The van der Waals surface area contributed by atoms with Gasteiger partial charge in [-0.05, 0) is 39.7 Å². The Labute approximate surface area is 147 Å².